The second kappa shape index (κ2) is 5.35. The quantitative estimate of drug-likeness (QED) is 0.838. The van der Waals surface area contributed by atoms with E-state index in [0.29, 0.717) is 11.4 Å². The number of hydrogen-bond acceptors (Lipinski definition) is 4. The Bertz CT molecular complexity index is 442. The predicted molar refractivity (Wildman–Crippen MR) is 69.3 cm³/mol. The Labute approximate surface area is 107 Å². The fourth-order valence-electron chi connectivity index (χ4n) is 2.07. The summed E-state index contributed by atoms with van der Waals surface area (Å²) in [4.78, 5) is 16.2. The number of nitrogens with zero attached hydrogens (tertiary/aromatic N) is 1. The lowest BCUT2D eigenvalue weighted by Crippen LogP contribution is -2.47. The number of carbonyl (C=O) groups is 1. The molecule has 1 aliphatic carbocycles. The van der Waals surface area contributed by atoms with Crippen molar-refractivity contribution in [3.8, 4) is 0 Å². The molecule has 1 fully saturated rings. The normalized spacial score (nSPS) is 22.3. The van der Waals surface area contributed by atoms with Gasteiger partial charge in [-0.15, -0.1) is 0 Å². The van der Waals surface area contributed by atoms with Crippen molar-refractivity contribution in [3.63, 3.8) is 0 Å². The molecule has 1 aromatic heterocycles. The predicted octanol–water partition coefficient (Wildman–Crippen LogP) is 1.13. The number of amides is 1. The van der Waals surface area contributed by atoms with Gasteiger partial charge in [0.05, 0.1) is 6.10 Å². The average molecular weight is 249 g/mol. The largest absolute Gasteiger partial charge is 0.384 e. The maximum absolute atomic E-state index is 12.0. The first-order valence-electron chi connectivity index (χ1n) is 6.22. The van der Waals surface area contributed by atoms with E-state index in [2.05, 4.69) is 10.3 Å². The molecule has 1 aromatic rings. The van der Waals surface area contributed by atoms with Gasteiger partial charge in [-0.05, 0) is 31.4 Å². The molecule has 5 nitrogen and oxygen atoms in total. The number of nitrogens with two attached hydrogens (primary N) is 1. The summed E-state index contributed by atoms with van der Waals surface area (Å²) < 4.78 is 5.18. The summed E-state index contributed by atoms with van der Waals surface area (Å²) in [6.45, 7) is 1.98. The molecule has 3 N–H and O–H groups in total. The number of anilines is 1. The number of pyridine rings is 1. The van der Waals surface area contributed by atoms with Gasteiger partial charge < -0.3 is 15.8 Å². The van der Waals surface area contributed by atoms with Gasteiger partial charge in [0.15, 0.2) is 0 Å². The van der Waals surface area contributed by atoms with Crippen molar-refractivity contribution in [2.24, 2.45) is 0 Å². The first kappa shape index (κ1) is 12.8. The molecule has 2 rings (SSSR count). The van der Waals surface area contributed by atoms with Crippen molar-refractivity contribution in [1.82, 2.24) is 10.3 Å². The number of methoxy groups -OCH3 is 1. The number of aryl methyl sites for hydroxylation is 1. The van der Waals surface area contributed by atoms with Crippen molar-refractivity contribution in [1.29, 1.82) is 0 Å². The molecule has 98 valence electrons. The fraction of sp³-hybridized carbons (Fsp3) is 0.538. The summed E-state index contributed by atoms with van der Waals surface area (Å²) in [7, 11) is 1.69. The van der Waals surface area contributed by atoms with Gasteiger partial charge in [-0.2, -0.15) is 0 Å². The molecule has 0 aliphatic heterocycles. The van der Waals surface area contributed by atoms with Gasteiger partial charge in [0.25, 0.3) is 5.91 Å². The molecule has 0 bridgehead atoms. The van der Waals surface area contributed by atoms with Crippen LogP contribution in [-0.4, -0.2) is 30.1 Å². The van der Waals surface area contributed by atoms with Crippen LogP contribution in [-0.2, 0) is 11.2 Å². The van der Waals surface area contributed by atoms with Crippen LogP contribution in [0.5, 0.6) is 0 Å². The molecule has 0 radical (unpaired) electrons. The molecule has 1 aliphatic rings. The summed E-state index contributed by atoms with van der Waals surface area (Å²) in [6.07, 6.45) is 2.80. The zero-order chi connectivity index (χ0) is 13.1. The van der Waals surface area contributed by atoms with Gasteiger partial charge in [0.1, 0.15) is 5.82 Å². The number of aromatic nitrogens is 1. The van der Waals surface area contributed by atoms with Crippen LogP contribution in [0.2, 0.25) is 0 Å². The summed E-state index contributed by atoms with van der Waals surface area (Å²) in [5, 5.41) is 2.97. The number of hydrogen-bond donors (Lipinski definition) is 2. The van der Waals surface area contributed by atoms with Crippen LogP contribution in [0.25, 0.3) is 0 Å². The van der Waals surface area contributed by atoms with Gasteiger partial charge in [0.2, 0.25) is 0 Å². The molecular weight excluding hydrogens is 230 g/mol. The van der Waals surface area contributed by atoms with E-state index in [0.717, 1.165) is 25.0 Å². The summed E-state index contributed by atoms with van der Waals surface area (Å²) in [5.74, 6) is 0.307. The number of nitrogen functional groups attached to an aromatic ring is 1. The number of rotatable bonds is 4. The first-order chi connectivity index (χ1) is 8.62. The van der Waals surface area contributed by atoms with E-state index in [1.807, 2.05) is 6.92 Å². The minimum Gasteiger partial charge on any atom is -0.384 e. The fourth-order valence-corrected chi connectivity index (χ4v) is 2.07. The zero-order valence-electron chi connectivity index (χ0n) is 10.8. The molecule has 1 heterocycles. The number of nitrogens with one attached hydrogen (secondary N) is 1. The Kier molecular flexibility index (Phi) is 3.81. The van der Waals surface area contributed by atoms with E-state index in [9.17, 15) is 4.79 Å². The smallest absolute Gasteiger partial charge is 0.251 e. The number of ether oxygens (including phenoxy) is 1. The molecule has 0 atom stereocenters. The van der Waals surface area contributed by atoms with E-state index >= 15 is 0 Å². The second-order valence-corrected chi connectivity index (χ2v) is 4.63. The van der Waals surface area contributed by atoms with Crippen molar-refractivity contribution < 1.29 is 9.53 Å². The molecular formula is C13H19N3O2. The second-order valence-electron chi connectivity index (χ2n) is 4.63. The third-order valence-corrected chi connectivity index (χ3v) is 3.29. The molecule has 5 heteroatoms. The van der Waals surface area contributed by atoms with Crippen LogP contribution in [0, 0.1) is 0 Å². The van der Waals surface area contributed by atoms with Crippen LogP contribution in [0.1, 0.15) is 35.8 Å². The molecule has 0 unspecified atom stereocenters. The lowest BCUT2D eigenvalue weighted by atomic mass is 9.89. The third-order valence-electron chi connectivity index (χ3n) is 3.29. The van der Waals surface area contributed by atoms with Crippen LogP contribution >= 0.6 is 0 Å². The first-order valence-corrected chi connectivity index (χ1v) is 6.22. The van der Waals surface area contributed by atoms with Crippen LogP contribution < -0.4 is 11.1 Å². The minimum atomic E-state index is -0.0849. The van der Waals surface area contributed by atoms with Crippen molar-refractivity contribution in [2.45, 2.75) is 38.3 Å². The topological polar surface area (TPSA) is 77.2 Å². The van der Waals surface area contributed by atoms with Crippen molar-refractivity contribution in [2.75, 3.05) is 12.8 Å². The highest BCUT2D eigenvalue weighted by atomic mass is 16.5. The van der Waals surface area contributed by atoms with Crippen molar-refractivity contribution in [3.05, 3.63) is 23.4 Å². The monoisotopic (exact) mass is 249 g/mol. The summed E-state index contributed by atoms with van der Waals surface area (Å²) in [5.41, 5.74) is 7.10. The Morgan fingerprint density at radius 3 is 2.89 bits per heavy atom. The van der Waals surface area contributed by atoms with Gasteiger partial charge in [-0.25, -0.2) is 4.98 Å². The van der Waals surface area contributed by atoms with Crippen molar-refractivity contribution >= 4 is 11.7 Å². The van der Waals surface area contributed by atoms with Crippen LogP contribution in [0.4, 0.5) is 5.82 Å². The van der Waals surface area contributed by atoms with Crippen LogP contribution in [0.15, 0.2) is 12.1 Å². The van der Waals surface area contributed by atoms with E-state index in [1.54, 1.807) is 19.2 Å². The van der Waals surface area contributed by atoms with Gasteiger partial charge >= 0.3 is 0 Å². The van der Waals surface area contributed by atoms with E-state index in [-0.39, 0.29) is 18.1 Å². The van der Waals surface area contributed by atoms with E-state index in [4.69, 9.17) is 10.5 Å². The number of carbonyl (C=O) groups excluding carboxylic acids is 1. The Morgan fingerprint density at radius 2 is 2.28 bits per heavy atom. The molecule has 18 heavy (non-hydrogen) atoms. The maximum atomic E-state index is 12.0. The highest BCUT2D eigenvalue weighted by Gasteiger charge is 2.30. The SMILES string of the molecule is CCc1cc(C(=O)NC2CC(OC)C2)cc(N)n1. The summed E-state index contributed by atoms with van der Waals surface area (Å²) >= 11 is 0. The highest BCUT2D eigenvalue weighted by Crippen LogP contribution is 2.23. The van der Waals surface area contributed by atoms with E-state index < -0.39 is 0 Å². The molecule has 1 saturated carbocycles. The highest BCUT2D eigenvalue weighted by molar-refractivity contribution is 5.95. The lowest BCUT2D eigenvalue weighted by Gasteiger charge is -2.34. The van der Waals surface area contributed by atoms with Gasteiger partial charge in [-0.3, -0.25) is 4.79 Å². The zero-order valence-corrected chi connectivity index (χ0v) is 10.8. The maximum Gasteiger partial charge on any atom is 0.251 e. The molecule has 0 aromatic carbocycles. The average Bonchev–Trinajstić information content (AvgIpc) is 2.32. The molecule has 0 spiro atoms. The Hall–Kier alpha value is -1.62. The lowest BCUT2D eigenvalue weighted by molar-refractivity contribution is 0.0176. The van der Waals surface area contributed by atoms with Gasteiger partial charge in [-0.1, -0.05) is 6.92 Å². The minimum absolute atomic E-state index is 0.0849. The Morgan fingerprint density at radius 1 is 1.56 bits per heavy atom. The molecule has 0 saturated heterocycles. The third kappa shape index (κ3) is 2.79. The molecule has 1 amide bonds. The Balaban J connectivity index is 1.98. The summed E-state index contributed by atoms with van der Waals surface area (Å²) in [6, 6.07) is 3.61. The van der Waals surface area contributed by atoms with Crippen LogP contribution in [0.3, 0.4) is 0 Å². The van der Waals surface area contributed by atoms with E-state index in [1.165, 1.54) is 0 Å². The standard InChI is InChI=1S/C13H19N3O2/c1-3-9-4-8(5-12(14)15-9)13(17)16-10-6-11(7-10)18-2/h4-5,10-11H,3,6-7H2,1-2H3,(H2,14,15)(H,16,17). The van der Waals surface area contributed by atoms with Gasteiger partial charge in [0, 0.05) is 24.4 Å².